The summed E-state index contributed by atoms with van der Waals surface area (Å²) >= 11 is 2.93. The molecule has 0 N–H and O–H groups in total. The first kappa shape index (κ1) is 28.7. The van der Waals surface area contributed by atoms with Crippen molar-refractivity contribution in [1.29, 1.82) is 10.5 Å². The number of hydrogen-bond donors (Lipinski definition) is 0. The number of ketones is 1. The van der Waals surface area contributed by atoms with E-state index >= 15 is 0 Å². The van der Waals surface area contributed by atoms with Gasteiger partial charge in [0.1, 0.15) is 12.1 Å². The third-order valence-electron chi connectivity index (χ3n) is 6.15. The van der Waals surface area contributed by atoms with Gasteiger partial charge in [0, 0.05) is 24.6 Å². The van der Waals surface area contributed by atoms with Crippen molar-refractivity contribution in [1.82, 2.24) is 9.80 Å². The molecule has 2 fully saturated rings. The van der Waals surface area contributed by atoms with Crippen LogP contribution in [0.5, 0.6) is 0 Å². The van der Waals surface area contributed by atoms with Gasteiger partial charge in [0.05, 0.1) is 0 Å². The van der Waals surface area contributed by atoms with Crippen LogP contribution in [0.4, 0.5) is 0 Å². The number of Topliss-reactive ketones (excluding diaryl/α,β-unsaturated/α-hetero) is 1. The number of aliphatic imine (C=N–C) groups is 2. The molecule has 2 saturated heterocycles. The highest BCUT2D eigenvalue weighted by atomic mass is 32.2. The first-order valence-electron chi connectivity index (χ1n) is 12.8. The lowest BCUT2D eigenvalue weighted by molar-refractivity contribution is -0.124. The molecule has 2 heterocycles. The summed E-state index contributed by atoms with van der Waals surface area (Å²) in [5.41, 5.74) is 2.10. The number of benzene rings is 2. The lowest BCUT2D eigenvalue weighted by Gasteiger charge is -2.32. The number of carbonyl (C=O) groups excluding carboxylic acids is 1. The molecule has 0 saturated carbocycles. The van der Waals surface area contributed by atoms with Gasteiger partial charge < -0.3 is 9.80 Å². The summed E-state index contributed by atoms with van der Waals surface area (Å²) in [5, 5.41) is 19.6. The Balaban J connectivity index is 1.66. The van der Waals surface area contributed by atoms with Gasteiger partial charge in [-0.1, -0.05) is 133 Å². The molecule has 0 spiro atoms. The second-order valence-corrected chi connectivity index (χ2v) is 10.8. The number of allylic oxidation sites excluding steroid dienone is 4. The highest BCUT2D eigenvalue weighted by Crippen LogP contribution is 2.27. The Bertz CT molecular complexity index is 1310. The third-order valence-corrected chi connectivity index (χ3v) is 8.09. The molecular weight excluding hydrogens is 537 g/mol. The van der Waals surface area contributed by atoms with Crippen molar-refractivity contribution < 1.29 is 4.79 Å². The molecule has 2 unspecified atom stereocenters. The zero-order valence-electron chi connectivity index (χ0n) is 21.8. The van der Waals surface area contributed by atoms with Crippen LogP contribution in [0.1, 0.15) is 11.1 Å². The summed E-state index contributed by atoms with van der Waals surface area (Å²) in [5.74, 6) is 1.38. The fourth-order valence-corrected chi connectivity index (χ4v) is 6.20. The first-order valence-corrected chi connectivity index (χ1v) is 14.7. The van der Waals surface area contributed by atoms with Crippen LogP contribution < -0.4 is 0 Å². The van der Waals surface area contributed by atoms with E-state index in [0.717, 1.165) is 22.6 Å². The van der Waals surface area contributed by atoms with E-state index in [1.807, 2.05) is 131 Å². The largest absolute Gasteiger partial charge is 0.336 e. The van der Waals surface area contributed by atoms with Gasteiger partial charge in [-0.2, -0.15) is 10.5 Å². The summed E-state index contributed by atoms with van der Waals surface area (Å²) in [6.45, 7) is 1.18. The van der Waals surface area contributed by atoms with Gasteiger partial charge in [0.2, 0.25) is 12.4 Å². The maximum absolute atomic E-state index is 14.3. The molecule has 0 aromatic heterocycles. The van der Waals surface area contributed by atoms with Crippen molar-refractivity contribution in [2.45, 2.75) is 12.1 Å². The van der Waals surface area contributed by atoms with E-state index in [2.05, 4.69) is 9.98 Å². The molecule has 4 rings (SSSR count). The zero-order valence-corrected chi connectivity index (χ0v) is 23.4. The average molecular weight is 565 g/mol. The summed E-state index contributed by atoms with van der Waals surface area (Å²) in [7, 11) is 0. The second-order valence-electron chi connectivity index (χ2n) is 8.67. The number of hydrogen-bond acceptors (Lipinski definition) is 7. The summed E-state index contributed by atoms with van der Waals surface area (Å²) in [6, 6.07) is 18.5. The molecule has 0 amide bonds. The molecule has 40 heavy (non-hydrogen) atoms. The van der Waals surface area contributed by atoms with Gasteiger partial charge in [-0.15, -0.1) is 9.98 Å². The quantitative estimate of drug-likeness (QED) is 0.274. The normalized spacial score (nSPS) is 19.4. The van der Waals surface area contributed by atoms with E-state index in [9.17, 15) is 15.3 Å². The van der Waals surface area contributed by atoms with Crippen LogP contribution >= 0.6 is 23.5 Å². The summed E-state index contributed by atoms with van der Waals surface area (Å²) < 4.78 is 0. The number of rotatable bonds is 10. The minimum atomic E-state index is -0.663. The Morgan fingerprint density at radius 1 is 0.725 bits per heavy atom. The molecule has 0 bridgehead atoms. The minimum absolute atomic E-state index is 0.0880. The monoisotopic (exact) mass is 564 g/mol. The fourth-order valence-electron chi connectivity index (χ4n) is 4.30. The Morgan fingerprint density at radius 3 is 1.55 bits per heavy atom. The van der Waals surface area contributed by atoms with Crippen LogP contribution in [0, 0.1) is 22.9 Å². The van der Waals surface area contributed by atoms with Crippen LogP contribution in [-0.4, -0.2) is 62.6 Å². The molecule has 2 atom stereocenters. The number of nitriles is 2. The molecule has 2 aliphatic rings. The minimum Gasteiger partial charge on any atom is -0.336 e. The van der Waals surface area contributed by atoms with Gasteiger partial charge in [0.25, 0.3) is 0 Å². The number of carbonyl (C=O) groups is 1. The Labute approximate surface area is 243 Å². The average Bonchev–Trinajstić information content (AvgIpc) is 3.64. The molecule has 2 aromatic rings. The van der Waals surface area contributed by atoms with Crippen molar-refractivity contribution in [3.63, 3.8) is 0 Å². The predicted molar refractivity (Wildman–Crippen MR) is 166 cm³/mol. The van der Waals surface area contributed by atoms with E-state index < -0.39 is 12.1 Å². The maximum Gasteiger partial charge on any atom is 0.208 e. The van der Waals surface area contributed by atoms with Gasteiger partial charge in [-0.05, 0) is 11.1 Å². The van der Waals surface area contributed by atoms with Crippen LogP contribution in [0.25, 0.3) is 12.2 Å². The SMILES string of the molecule is N#CN=C1SCCN1C(C=CC=Cc1ccccc1)C(=O)C(C=CC=Cc1ccccc1)N1CCSC1=NC#N. The number of amidine groups is 2. The topological polar surface area (TPSA) is 95.8 Å². The Hall–Kier alpha value is -4.31. The van der Waals surface area contributed by atoms with E-state index in [4.69, 9.17) is 0 Å². The number of thioether (sulfide) groups is 2. The second kappa shape index (κ2) is 15.3. The molecule has 0 aliphatic carbocycles. The molecule has 9 heteroatoms. The Kier molecular flexibility index (Phi) is 11.0. The van der Waals surface area contributed by atoms with Gasteiger partial charge in [-0.25, -0.2) is 0 Å². The highest BCUT2D eigenvalue weighted by Gasteiger charge is 2.38. The molecular formula is C31H28N6OS2. The van der Waals surface area contributed by atoms with Crippen molar-refractivity contribution in [3.05, 3.63) is 108 Å². The highest BCUT2D eigenvalue weighted by molar-refractivity contribution is 8.14. The van der Waals surface area contributed by atoms with Gasteiger partial charge in [-0.3, -0.25) is 4.79 Å². The molecule has 2 aliphatic heterocycles. The van der Waals surface area contributed by atoms with Crippen LogP contribution in [0.2, 0.25) is 0 Å². The third kappa shape index (κ3) is 7.86. The van der Waals surface area contributed by atoms with Gasteiger partial charge in [0.15, 0.2) is 16.1 Å². The van der Waals surface area contributed by atoms with E-state index in [0.29, 0.717) is 23.4 Å². The lowest BCUT2D eigenvalue weighted by atomic mass is 10.0. The predicted octanol–water partition coefficient (Wildman–Crippen LogP) is 5.60. The zero-order chi connectivity index (χ0) is 28.0. The van der Waals surface area contributed by atoms with Crippen LogP contribution in [0.3, 0.4) is 0 Å². The summed E-state index contributed by atoms with van der Waals surface area (Å²) in [4.78, 5) is 26.1. The molecule has 0 radical (unpaired) electrons. The smallest absolute Gasteiger partial charge is 0.208 e. The first-order chi connectivity index (χ1) is 19.7. The summed E-state index contributed by atoms with van der Waals surface area (Å²) in [6.07, 6.45) is 18.9. The van der Waals surface area contributed by atoms with Crippen molar-refractivity contribution in [3.8, 4) is 12.4 Å². The van der Waals surface area contributed by atoms with E-state index in [1.54, 1.807) is 0 Å². The van der Waals surface area contributed by atoms with Crippen molar-refractivity contribution >= 4 is 51.8 Å². The van der Waals surface area contributed by atoms with Crippen LogP contribution in [0.15, 0.2) is 107 Å². The molecule has 7 nitrogen and oxygen atoms in total. The standard InChI is InChI=1S/C31H28N6OS2/c32-23-34-30-36(19-21-39-30)27(17-9-7-15-25-11-3-1-4-12-25)29(38)28(37-20-22-40-31(37)35-24-33)18-10-8-16-26-13-5-2-6-14-26/h1-18,27-28H,19-22H2. The van der Waals surface area contributed by atoms with Crippen molar-refractivity contribution in [2.24, 2.45) is 9.98 Å². The molecule has 2 aromatic carbocycles. The Morgan fingerprint density at radius 2 is 1.15 bits per heavy atom. The molecule has 200 valence electrons. The lowest BCUT2D eigenvalue weighted by Crippen LogP contribution is -2.50. The number of nitrogens with zero attached hydrogens (tertiary/aromatic N) is 6. The van der Waals surface area contributed by atoms with E-state index in [1.165, 1.54) is 23.5 Å². The maximum atomic E-state index is 14.3. The fraction of sp³-hybridized carbons (Fsp3) is 0.194. The van der Waals surface area contributed by atoms with E-state index in [-0.39, 0.29) is 5.78 Å². The van der Waals surface area contributed by atoms with Gasteiger partial charge >= 0.3 is 0 Å². The van der Waals surface area contributed by atoms with Crippen LogP contribution in [-0.2, 0) is 4.79 Å². The van der Waals surface area contributed by atoms with Crippen molar-refractivity contribution in [2.75, 3.05) is 24.6 Å².